The normalized spacial score (nSPS) is 12.1. The van der Waals surface area contributed by atoms with E-state index in [0.717, 1.165) is 5.56 Å². The van der Waals surface area contributed by atoms with Gasteiger partial charge in [-0.15, -0.1) is 0 Å². The first-order valence-corrected chi connectivity index (χ1v) is 4.44. The van der Waals surface area contributed by atoms with E-state index >= 15 is 0 Å². The Hall–Kier alpha value is -1.48. The van der Waals surface area contributed by atoms with Gasteiger partial charge in [0.1, 0.15) is 5.78 Å². The Kier molecular flexibility index (Phi) is 3.54. The molecule has 0 aliphatic rings. The maximum Gasteiger partial charge on any atom is 0.161 e. The lowest BCUT2D eigenvalue weighted by Gasteiger charge is -2.09. The Morgan fingerprint density at radius 1 is 1.29 bits per heavy atom. The molecule has 0 radical (unpaired) electrons. The van der Waals surface area contributed by atoms with Gasteiger partial charge in [-0.05, 0) is 12.5 Å². The van der Waals surface area contributed by atoms with Gasteiger partial charge in [-0.25, -0.2) is 0 Å². The first kappa shape index (κ1) is 10.6. The number of hydrogen-bond acceptors (Lipinski definition) is 3. The molecule has 0 fully saturated rings. The summed E-state index contributed by atoms with van der Waals surface area (Å²) in [6.45, 7) is 1.38. The van der Waals surface area contributed by atoms with Crippen molar-refractivity contribution in [3.63, 3.8) is 0 Å². The van der Waals surface area contributed by atoms with Gasteiger partial charge in [0.25, 0.3) is 0 Å². The van der Waals surface area contributed by atoms with E-state index in [1.165, 1.54) is 6.92 Å². The Labute approximate surface area is 82.9 Å². The molecule has 0 saturated carbocycles. The monoisotopic (exact) mass is 191 g/mol. The minimum atomic E-state index is -0.680. The van der Waals surface area contributed by atoms with E-state index in [-0.39, 0.29) is 18.0 Å². The second kappa shape index (κ2) is 4.67. The number of Topliss-reactive ketones (excluding diaryl/α,β-unsaturated/α-hetero) is 2. The Balaban J connectivity index is 2.71. The quantitative estimate of drug-likeness (QED) is 0.728. The van der Waals surface area contributed by atoms with Gasteiger partial charge in [0.15, 0.2) is 5.78 Å². The zero-order chi connectivity index (χ0) is 10.6. The number of hydrogen-bond donors (Lipinski definition) is 1. The van der Waals surface area contributed by atoms with Gasteiger partial charge in [-0.1, -0.05) is 30.3 Å². The minimum absolute atomic E-state index is 0.0872. The van der Waals surface area contributed by atoms with E-state index in [2.05, 4.69) is 0 Å². The van der Waals surface area contributed by atoms with Crippen molar-refractivity contribution in [3.05, 3.63) is 35.9 Å². The van der Waals surface area contributed by atoms with Gasteiger partial charge in [0.05, 0.1) is 12.5 Å². The van der Waals surface area contributed by atoms with Crippen LogP contribution in [0.1, 0.15) is 24.9 Å². The number of carbonyl (C=O) groups is 2. The molecule has 0 aliphatic heterocycles. The largest absolute Gasteiger partial charge is 0.318 e. The van der Waals surface area contributed by atoms with Crippen LogP contribution in [0.5, 0.6) is 0 Å². The molecule has 74 valence electrons. The van der Waals surface area contributed by atoms with Crippen LogP contribution in [0.4, 0.5) is 0 Å². The highest BCUT2D eigenvalue weighted by atomic mass is 16.1. The van der Waals surface area contributed by atoms with Crippen LogP contribution < -0.4 is 5.73 Å². The van der Waals surface area contributed by atoms with Gasteiger partial charge in [0.2, 0.25) is 0 Å². The van der Waals surface area contributed by atoms with Crippen molar-refractivity contribution in [3.8, 4) is 0 Å². The zero-order valence-electron chi connectivity index (χ0n) is 8.07. The summed E-state index contributed by atoms with van der Waals surface area (Å²) in [5.74, 6) is -0.384. The first-order valence-electron chi connectivity index (χ1n) is 4.44. The van der Waals surface area contributed by atoms with Gasteiger partial charge in [-0.3, -0.25) is 9.59 Å². The van der Waals surface area contributed by atoms with Gasteiger partial charge < -0.3 is 5.73 Å². The van der Waals surface area contributed by atoms with E-state index in [0.29, 0.717) is 0 Å². The molecule has 1 rings (SSSR count). The van der Waals surface area contributed by atoms with E-state index in [9.17, 15) is 9.59 Å². The van der Waals surface area contributed by atoms with Crippen molar-refractivity contribution in [2.24, 2.45) is 5.73 Å². The summed E-state index contributed by atoms with van der Waals surface area (Å²) in [7, 11) is 0. The van der Waals surface area contributed by atoms with Crippen LogP contribution in [0.2, 0.25) is 0 Å². The lowest BCUT2D eigenvalue weighted by molar-refractivity contribution is -0.126. The van der Waals surface area contributed by atoms with Crippen molar-refractivity contribution >= 4 is 11.6 Å². The van der Waals surface area contributed by atoms with Crippen LogP contribution in [-0.2, 0) is 9.59 Å². The highest BCUT2D eigenvalue weighted by Gasteiger charge is 2.16. The average molecular weight is 191 g/mol. The summed E-state index contributed by atoms with van der Waals surface area (Å²) in [4.78, 5) is 22.1. The topological polar surface area (TPSA) is 60.2 Å². The molecule has 0 aromatic heterocycles. The van der Waals surface area contributed by atoms with Crippen molar-refractivity contribution in [1.29, 1.82) is 0 Å². The summed E-state index contributed by atoms with van der Waals surface area (Å²) < 4.78 is 0. The lowest BCUT2D eigenvalue weighted by atomic mass is 10.0. The second-order valence-electron chi connectivity index (χ2n) is 3.23. The third kappa shape index (κ3) is 2.78. The van der Waals surface area contributed by atoms with Crippen molar-refractivity contribution in [2.45, 2.75) is 19.4 Å². The van der Waals surface area contributed by atoms with E-state index in [4.69, 9.17) is 5.73 Å². The highest BCUT2D eigenvalue weighted by Crippen LogP contribution is 2.11. The summed E-state index contributed by atoms with van der Waals surface area (Å²) in [6, 6.07) is 8.36. The van der Waals surface area contributed by atoms with Crippen molar-refractivity contribution in [1.82, 2.24) is 0 Å². The molecular formula is C11H13NO2. The van der Waals surface area contributed by atoms with Crippen LogP contribution >= 0.6 is 0 Å². The second-order valence-corrected chi connectivity index (χ2v) is 3.23. The van der Waals surface area contributed by atoms with Gasteiger partial charge >= 0.3 is 0 Å². The maximum atomic E-state index is 11.4. The summed E-state index contributed by atoms with van der Waals surface area (Å²) >= 11 is 0. The number of ketones is 2. The molecule has 2 N–H and O–H groups in total. The van der Waals surface area contributed by atoms with Crippen LogP contribution in [0.15, 0.2) is 30.3 Å². The third-order valence-electron chi connectivity index (χ3n) is 1.93. The molecule has 1 unspecified atom stereocenters. The number of rotatable bonds is 4. The summed E-state index contributed by atoms with van der Waals surface area (Å²) in [6.07, 6.45) is -0.0872. The first-order chi connectivity index (χ1) is 6.61. The van der Waals surface area contributed by atoms with Crippen LogP contribution in [0.3, 0.4) is 0 Å². The SMILES string of the molecule is CC(=O)CC(=O)C(N)c1ccccc1. The van der Waals surface area contributed by atoms with Gasteiger partial charge in [0, 0.05) is 0 Å². The fraction of sp³-hybridized carbons (Fsp3) is 0.273. The zero-order valence-corrected chi connectivity index (χ0v) is 8.07. The van der Waals surface area contributed by atoms with E-state index < -0.39 is 6.04 Å². The average Bonchev–Trinajstić information content (AvgIpc) is 2.17. The standard InChI is InChI=1S/C11H13NO2/c1-8(13)7-10(14)11(12)9-5-3-2-4-6-9/h2-6,11H,7,12H2,1H3. The summed E-state index contributed by atoms with van der Waals surface area (Å²) in [5, 5.41) is 0. The molecule has 0 amide bonds. The molecule has 14 heavy (non-hydrogen) atoms. The Morgan fingerprint density at radius 2 is 1.86 bits per heavy atom. The number of nitrogens with two attached hydrogens (primary N) is 1. The molecule has 3 nitrogen and oxygen atoms in total. The Morgan fingerprint density at radius 3 is 2.36 bits per heavy atom. The minimum Gasteiger partial charge on any atom is -0.318 e. The molecule has 0 spiro atoms. The molecule has 0 aliphatic carbocycles. The molecule has 1 atom stereocenters. The smallest absolute Gasteiger partial charge is 0.161 e. The van der Waals surface area contributed by atoms with Crippen LogP contribution in [-0.4, -0.2) is 11.6 Å². The number of benzene rings is 1. The van der Waals surface area contributed by atoms with Gasteiger partial charge in [-0.2, -0.15) is 0 Å². The summed E-state index contributed by atoms with van der Waals surface area (Å²) in [5.41, 5.74) is 6.43. The molecular weight excluding hydrogens is 178 g/mol. The molecule has 0 heterocycles. The highest BCUT2D eigenvalue weighted by molar-refractivity contribution is 6.00. The lowest BCUT2D eigenvalue weighted by Crippen LogP contribution is -2.22. The Bertz CT molecular complexity index is 332. The fourth-order valence-corrected chi connectivity index (χ4v) is 1.20. The van der Waals surface area contributed by atoms with E-state index in [1.54, 1.807) is 12.1 Å². The molecule has 3 heteroatoms. The van der Waals surface area contributed by atoms with Crippen LogP contribution in [0, 0.1) is 0 Å². The van der Waals surface area contributed by atoms with Crippen molar-refractivity contribution in [2.75, 3.05) is 0 Å². The molecule has 1 aromatic rings. The number of carbonyl (C=O) groups excluding carboxylic acids is 2. The van der Waals surface area contributed by atoms with Crippen molar-refractivity contribution < 1.29 is 9.59 Å². The molecule has 0 bridgehead atoms. The predicted molar refractivity (Wildman–Crippen MR) is 53.7 cm³/mol. The predicted octanol–water partition coefficient (Wildman–Crippen LogP) is 1.23. The fourth-order valence-electron chi connectivity index (χ4n) is 1.20. The third-order valence-corrected chi connectivity index (χ3v) is 1.93. The van der Waals surface area contributed by atoms with E-state index in [1.807, 2.05) is 18.2 Å². The molecule has 0 saturated heterocycles. The molecule has 1 aromatic carbocycles. The van der Waals surface area contributed by atoms with Crippen LogP contribution in [0.25, 0.3) is 0 Å². The maximum absolute atomic E-state index is 11.4.